The van der Waals surface area contributed by atoms with Gasteiger partial charge in [0.05, 0.1) is 12.0 Å². The molecule has 2 atom stereocenters. The summed E-state index contributed by atoms with van der Waals surface area (Å²) in [5.74, 6) is 1.24. The summed E-state index contributed by atoms with van der Waals surface area (Å²) in [7, 11) is 1.73. The SMILES string of the molecule is COC1(c2noc(C3CCCC3O)n2)CCC(C)(C)CC1. The van der Waals surface area contributed by atoms with Crippen molar-refractivity contribution in [1.29, 1.82) is 0 Å². The monoisotopic (exact) mass is 294 g/mol. The predicted octanol–water partition coefficient (Wildman–Crippen LogP) is 3.14. The molecule has 0 saturated heterocycles. The summed E-state index contributed by atoms with van der Waals surface area (Å²) >= 11 is 0. The number of nitrogens with zero attached hydrogens (tertiary/aromatic N) is 2. The number of rotatable bonds is 3. The average Bonchev–Trinajstić information content (AvgIpc) is 3.08. The van der Waals surface area contributed by atoms with Gasteiger partial charge in [-0.2, -0.15) is 4.98 Å². The zero-order valence-electron chi connectivity index (χ0n) is 13.3. The van der Waals surface area contributed by atoms with E-state index in [0.29, 0.717) is 17.1 Å². The molecule has 3 rings (SSSR count). The lowest BCUT2D eigenvalue weighted by Crippen LogP contribution is -2.37. The molecule has 2 aliphatic carbocycles. The maximum absolute atomic E-state index is 9.99. The van der Waals surface area contributed by atoms with Crippen LogP contribution in [-0.2, 0) is 10.3 Å². The van der Waals surface area contributed by atoms with Gasteiger partial charge in [-0.25, -0.2) is 0 Å². The van der Waals surface area contributed by atoms with Crippen molar-refractivity contribution in [2.45, 2.75) is 76.4 Å². The summed E-state index contributed by atoms with van der Waals surface area (Å²) in [6.07, 6.45) is 6.45. The Morgan fingerprint density at radius 1 is 1.19 bits per heavy atom. The Bertz CT molecular complexity index is 487. The third-order valence-corrected chi connectivity index (χ3v) is 5.45. The van der Waals surface area contributed by atoms with Gasteiger partial charge in [0.1, 0.15) is 5.60 Å². The fourth-order valence-corrected chi connectivity index (χ4v) is 3.65. The van der Waals surface area contributed by atoms with E-state index in [4.69, 9.17) is 9.26 Å². The van der Waals surface area contributed by atoms with Crippen LogP contribution in [0.15, 0.2) is 4.52 Å². The number of methoxy groups -OCH3 is 1. The van der Waals surface area contributed by atoms with Gasteiger partial charge in [-0.05, 0) is 50.4 Å². The van der Waals surface area contributed by atoms with Crippen LogP contribution in [0.4, 0.5) is 0 Å². The van der Waals surface area contributed by atoms with Gasteiger partial charge in [0.15, 0.2) is 0 Å². The van der Waals surface area contributed by atoms with Crippen molar-refractivity contribution in [2.75, 3.05) is 7.11 Å². The summed E-state index contributed by atoms with van der Waals surface area (Å²) in [6, 6.07) is 0. The topological polar surface area (TPSA) is 68.4 Å². The summed E-state index contributed by atoms with van der Waals surface area (Å²) in [6.45, 7) is 4.59. The van der Waals surface area contributed by atoms with E-state index in [1.807, 2.05) is 0 Å². The smallest absolute Gasteiger partial charge is 0.232 e. The molecule has 1 aromatic heterocycles. The number of aromatic nitrogens is 2. The lowest BCUT2D eigenvalue weighted by molar-refractivity contribution is -0.0740. The molecule has 5 nitrogen and oxygen atoms in total. The fourth-order valence-electron chi connectivity index (χ4n) is 3.65. The Hall–Kier alpha value is -0.940. The maximum atomic E-state index is 9.99. The third-order valence-electron chi connectivity index (χ3n) is 5.45. The van der Waals surface area contributed by atoms with E-state index in [-0.39, 0.29) is 12.0 Å². The van der Waals surface area contributed by atoms with Crippen LogP contribution >= 0.6 is 0 Å². The Kier molecular flexibility index (Phi) is 3.82. The first kappa shape index (κ1) is 15.0. The van der Waals surface area contributed by atoms with Crippen molar-refractivity contribution >= 4 is 0 Å². The molecule has 0 spiro atoms. The molecule has 21 heavy (non-hydrogen) atoms. The van der Waals surface area contributed by atoms with Crippen molar-refractivity contribution < 1.29 is 14.4 Å². The van der Waals surface area contributed by atoms with Crippen LogP contribution in [0.5, 0.6) is 0 Å². The number of aliphatic hydroxyl groups is 1. The van der Waals surface area contributed by atoms with Crippen molar-refractivity contribution in [3.05, 3.63) is 11.7 Å². The van der Waals surface area contributed by atoms with Crippen molar-refractivity contribution in [1.82, 2.24) is 10.1 Å². The van der Waals surface area contributed by atoms with E-state index in [9.17, 15) is 5.11 Å². The number of hydrogen-bond donors (Lipinski definition) is 1. The minimum atomic E-state index is -0.416. The molecule has 0 aromatic carbocycles. The molecule has 2 aliphatic rings. The lowest BCUT2D eigenvalue weighted by atomic mass is 9.70. The standard InChI is InChI=1S/C16H26N2O3/c1-15(2)7-9-16(20-3,10-8-15)14-17-13(21-18-14)11-5-4-6-12(11)19/h11-12,19H,4-10H2,1-3H3. The van der Waals surface area contributed by atoms with Crippen molar-refractivity contribution in [3.63, 3.8) is 0 Å². The van der Waals surface area contributed by atoms with Gasteiger partial charge < -0.3 is 14.4 Å². The minimum Gasteiger partial charge on any atom is -0.392 e. The molecule has 0 aliphatic heterocycles. The highest BCUT2D eigenvalue weighted by Crippen LogP contribution is 2.46. The van der Waals surface area contributed by atoms with Crippen LogP contribution < -0.4 is 0 Å². The Balaban J connectivity index is 1.81. The van der Waals surface area contributed by atoms with E-state index < -0.39 is 5.60 Å². The molecule has 1 heterocycles. The van der Waals surface area contributed by atoms with Gasteiger partial charge in [-0.15, -0.1) is 0 Å². The highest BCUT2D eigenvalue weighted by atomic mass is 16.5. The first-order valence-electron chi connectivity index (χ1n) is 8.03. The second kappa shape index (κ2) is 5.36. The van der Waals surface area contributed by atoms with Crippen molar-refractivity contribution in [3.8, 4) is 0 Å². The second-order valence-corrected chi connectivity index (χ2v) is 7.42. The quantitative estimate of drug-likeness (QED) is 0.927. The van der Waals surface area contributed by atoms with E-state index in [2.05, 4.69) is 24.0 Å². The molecule has 1 aromatic rings. The van der Waals surface area contributed by atoms with Crippen LogP contribution in [0.2, 0.25) is 0 Å². The van der Waals surface area contributed by atoms with Gasteiger partial charge in [-0.3, -0.25) is 0 Å². The highest BCUT2D eigenvalue weighted by Gasteiger charge is 2.44. The number of aliphatic hydroxyl groups excluding tert-OH is 1. The second-order valence-electron chi connectivity index (χ2n) is 7.42. The molecule has 0 bridgehead atoms. The Morgan fingerprint density at radius 2 is 1.90 bits per heavy atom. The minimum absolute atomic E-state index is 0.000174. The molecule has 0 radical (unpaired) electrons. The van der Waals surface area contributed by atoms with Crippen molar-refractivity contribution in [2.24, 2.45) is 5.41 Å². The molecule has 2 unspecified atom stereocenters. The molecule has 1 N–H and O–H groups in total. The highest BCUT2D eigenvalue weighted by molar-refractivity contribution is 5.08. The first-order valence-corrected chi connectivity index (χ1v) is 8.03. The van der Waals surface area contributed by atoms with Crippen LogP contribution in [0, 0.1) is 5.41 Å². The third kappa shape index (κ3) is 2.73. The number of ether oxygens (including phenoxy) is 1. The van der Waals surface area contributed by atoms with Gasteiger partial charge in [0.2, 0.25) is 11.7 Å². The Labute approximate surface area is 126 Å². The van der Waals surface area contributed by atoms with Crippen LogP contribution in [-0.4, -0.2) is 28.5 Å². The molecule has 0 amide bonds. The van der Waals surface area contributed by atoms with Gasteiger partial charge in [0.25, 0.3) is 0 Å². The fraction of sp³-hybridized carbons (Fsp3) is 0.875. The van der Waals surface area contributed by atoms with Crippen LogP contribution in [0.3, 0.4) is 0 Å². The Morgan fingerprint density at radius 3 is 2.48 bits per heavy atom. The zero-order valence-corrected chi connectivity index (χ0v) is 13.3. The van der Waals surface area contributed by atoms with Crippen LogP contribution in [0.25, 0.3) is 0 Å². The van der Waals surface area contributed by atoms with Crippen LogP contribution in [0.1, 0.15) is 76.4 Å². The molecular formula is C16H26N2O3. The zero-order chi connectivity index (χ0) is 15.1. The van der Waals surface area contributed by atoms with Gasteiger partial charge >= 0.3 is 0 Å². The normalized spacial score (nSPS) is 31.4. The summed E-state index contributed by atoms with van der Waals surface area (Å²) in [5, 5.41) is 14.2. The molecule has 5 heteroatoms. The first-order chi connectivity index (χ1) is 9.96. The largest absolute Gasteiger partial charge is 0.392 e. The van der Waals surface area contributed by atoms with Gasteiger partial charge in [-0.1, -0.05) is 19.0 Å². The van der Waals surface area contributed by atoms with E-state index in [1.54, 1.807) is 7.11 Å². The maximum Gasteiger partial charge on any atom is 0.232 e. The molecule has 2 saturated carbocycles. The summed E-state index contributed by atoms with van der Waals surface area (Å²) in [5.41, 5.74) is -0.0585. The lowest BCUT2D eigenvalue weighted by Gasteiger charge is -2.40. The molecule has 118 valence electrons. The predicted molar refractivity (Wildman–Crippen MR) is 77.8 cm³/mol. The van der Waals surface area contributed by atoms with Gasteiger partial charge in [0, 0.05) is 7.11 Å². The van der Waals surface area contributed by atoms with E-state index >= 15 is 0 Å². The molecule has 2 fully saturated rings. The van der Waals surface area contributed by atoms with E-state index in [1.165, 1.54) is 0 Å². The summed E-state index contributed by atoms with van der Waals surface area (Å²) < 4.78 is 11.3. The average molecular weight is 294 g/mol. The summed E-state index contributed by atoms with van der Waals surface area (Å²) in [4.78, 5) is 4.59. The number of hydrogen-bond acceptors (Lipinski definition) is 5. The molecular weight excluding hydrogens is 268 g/mol. The van der Waals surface area contributed by atoms with E-state index in [0.717, 1.165) is 44.9 Å².